The van der Waals surface area contributed by atoms with E-state index in [1.807, 2.05) is 0 Å². The number of nitrogens with one attached hydrogen (secondary N) is 1. The summed E-state index contributed by atoms with van der Waals surface area (Å²) < 4.78 is 27.2. The van der Waals surface area contributed by atoms with Gasteiger partial charge in [-0.2, -0.15) is 0 Å². The van der Waals surface area contributed by atoms with Crippen LogP contribution in [0.5, 0.6) is 0 Å². The molecule has 0 bridgehead atoms. The molecule has 2 aromatic rings. The molecule has 0 saturated heterocycles. The number of anilines is 1. The summed E-state index contributed by atoms with van der Waals surface area (Å²) in [5.74, 6) is -3.01. The van der Waals surface area contributed by atoms with Crippen molar-refractivity contribution >= 4 is 44.5 Å². The summed E-state index contributed by atoms with van der Waals surface area (Å²) in [6, 6.07) is 4.09. The lowest BCUT2D eigenvalue weighted by atomic mass is 10.2. The highest BCUT2D eigenvalue weighted by molar-refractivity contribution is 9.11. The van der Waals surface area contributed by atoms with Crippen LogP contribution in [-0.4, -0.2) is 10.8 Å². The number of hydrogen-bond donors (Lipinski definition) is 1. The number of rotatable bonds is 3. The molecule has 0 saturated carbocycles. The fraction of sp³-hybridized carbons (Fsp3) is 0. The summed E-state index contributed by atoms with van der Waals surface area (Å²) >= 11 is 4.23. The van der Waals surface area contributed by atoms with Crippen LogP contribution in [0.25, 0.3) is 0 Å². The van der Waals surface area contributed by atoms with Crippen LogP contribution >= 0.6 is 27.3 Å². The second kappa shape index (κ2) is 5.63. The van der Waals surface area contributed by atoms with Crippen LogP contribution in [0.15, 0.2) is 28.1 Å². The standard InChI is InChI=1S/C11H5BrF2N2O3S/c12-9-2-1-8(20-9)11(17)15-10-6(14)3-5(13)4-7(10)16(18)19/h1-4H,(H,15,17). The number of benzene rings is 1. The largest absolute Gasteiger partial charge is 0.313 e. The van der Waals surface area contributed by atoms with Crippen LogP contribution in [0, 0.1) is 21.7 Å². The zero-order valence-electron chi connectivity index (χ0n) is 9.52. The summed E-state index contributed by atoms with van der Waals surface area (Å²) in [7, 11) is 0. The van der Waals surface area contributed by atoms with Crippen molar-refractivity contribution in [2.75, 3.05) is 5.32 Å². The van der Waals surface area contributed by atoms with Crippen LogP contribution in [0.2, 0.25) is 0 Å². The number of hydrogen-bond acceptors (Lipinski definition) is 4. The average molecular weight is 363 g/mol. The highest BCUT2D eigenvalue weighted by Crippen LogP contribution is 2.30. The molecule has 0 spiro atoms. The van der Waals surface area contributed by atoms with Gasteiger partial charge in [0.1, 0.15) is 5.82 Å². The quantitative estimate of drug-likeness (QED) is 0.663. The van der Waals surface area contributed by atoms with Gasteiger partial charge in [0.05, 0.1) is 19.7 Å². The molecular formula is C11H5BrF2N2O3S. The number of amides is 1. The molecule has 1 aromatic heterocycles. The summed E-state index contributed by atoms with van der Waals surface area (Å²) in [6.07, 6.45) is 0. The number of nitro benzene ring substituents is 1. The van der Waals surface area contributed by atoms with E-state index in [1.54, 1.807) is 6.07 Å². The van der Waals surface area contributed by atoms with Crippen LogP contribution in [-0.2, 0) is 0 Å². The number of carbonyl (C=O) groups excluding carboxylic acids is 1. The summed E-state index contributed by atoms with van der Waals surface area (Å²) in [6.45, 7) is 0. The molecule has 20 heavy (non-hydrogen) atoms. The lowest BCUT2D eigenvalue weighted by Crippen LogP contribution is -2.13. The van der Waals surface area contributed by atoms with E-state index in [0.717, 1.165) is 11.3 Å². The smallest absolute Gasteiger partial charge is 0.298 e. The molecule has 0 fully saturated rings. The molecule has 9 heteroatoms. The van der Waals surface area contributed by atoms with Crippen molar-refractivity contribution in [3.63, 3.8) is 0 Å². The zero-order valence-corrected chi connectivity index (χ0v) is 11.9. The highest BCUT2D eigenvalue weighted by Gasteiger charge is 2.23. The van der Waals surface area contributed by atoms with Crippen molar-refractivity contribution in [2.45, 2.75) is 0 Å². The van der Waals surface area contributed by atoms with Gasteiger partial charge in [0, 0.05) is 6.07 Å². The molecule has 0 unspecified atom stereocenters. The maximum atomic E-state index is 13.6. The summed E-state index contributed by atoms with van der Waals surface area (Å²) in [5, 5.41) is 12.8. The van der Waals surface area contributed by atoms with Crippen molar-refractivity contribution in [3.8, 4) is 0 Å². The minimum absolute atomic E-state index is 0.231. The van der Waals surface area contributed by atoms with Crippen LogP contribution < -0.4 is 5.32 Å². The van der Waals surface area contributed by atoms with Gasteiger partial charge in [-0.25, -0.2) is 8.78 Å². The van der Waals surface area contributed by atoms with E-state index in [4.69, 9.17) is 0 Å². The van der Waals surface area contributed by atoms with Gasteiger partial charge in [-0.3, -0.25) is 14.9 Å². The van der Waals surface area contributed by atoms with Crippen LogP contribution in [0.4, 0.5) is 20.2 Å². The summed E-state index contributed by atoms with van der Waals surface area (Å²) in [4.78, 5) is 21.9. The van der Waals surface area contributed by atoms with E-state index < -0.39 is 33.8 Å². The van der Waals surface area contributed by atoms with Gasteiger partial charge in [-0.05, 0) is 28.1 Å². The van der Waals surface area contributed by atoms with E-state index in [0.29, 0.717) is 15.9 Å². The molecule has 1 N–H and O–H groups in total. The number of nitrogens with zero attached hydrogens (tertiary/aromatic N) is 1. The maximum Gasteiger partial charge on any atom is 0.298 e. The first-order valence-electron chi connectivity index (χ1n) is 5.08. The number of halogens is 3. The van der Waals surface area contributed by atoms with Crippen molar-refractivity contribution in [1.82, 2.24) is 0 Å². The van der Waals surface area contributed by atoms with Crippen LogP contribution in [0.3, 0.4) is 0 Å². The van der Waals surface area contributed by atoms with E-state index in [-0.39, 0.29) is 4.88 Å². The zero-order chi connectivity index (χ0) is 14.9. The lowest BCUT2D eigenvalue weighted by molar-refractivity contribution is -0.384. The van der Waals surface area contributed by atoms with E-state index >= 15 is 0 Å². The Morgan fingerprint density at radius 2 is 2.05 bits per heavy atom. The Labute approximate surface area is 123 Å². The molecule has 104 valence electrons. The molecule has 0 aliphatic rings. The molecule has 0 aliphatic heterocycles. The van der Waals surface area contributed by atoms with Crippen molar-refractivity contribution in [3.05, 3.63) is 54.7 Å². The highest BCUT2D eigenvalue weighted by atomic mass is 79.9. The molecule has 2 rings (SSSR count). The van der Waals surface area contributed by atoms with Crippen molar-refractivity contribution in [1.29, 1.82) is 0 Å². The van der Waals surface area contributed by atoms with Gasteiger partial charge in [0.25, 0.3) is 11.6 Å². The van der Waals surface area contributed by atoms with E-state index in [2.05, 4.69) is 21.2 Å². The molecule has 0 aliphatic carbocycles. The van der Waals surface area contributed by atoms with Gasteiger partial charge in [0.2, 0.25) is 0 Å². The first-order valence-corrected chi connectivity index (χ1v) is 6.69. The number of carbonyl (C=O) groups is 1. The minimum atomic E-state index is -1.21. The fourth-order valence-electron chi connectivity index (χ4n) is 1.44. The second-order valence-electron chi connectivity index (χ2n) is 3.60. The Hall–Kier alpha value is -1.87. The van der Waals surface area contributed by atoms with Gasteiger partial charge in [-0.15, -0.1) is 11.3 Å². The van der Waals surface area contributed by atoms with Crippen molar-refractivity contribution < 1.29 is 18.5 Å². The normalized spacial score (nSPS) is 10.3. The molecule has 0 radical (unpaired) electrons. The number of nitro groups is 1. The van der Waals surface area contributed by atoms with E-state index in [9.17, 15) is 23.7 Å². The fourth-order valence-corrected chi connectivity index (χ4v) is 2.72. The average Bonchev–Trinajstić information content (AvgIpc) is 2.78. The third-order valence-electron chi connectivity index (χ3n) is 2.27. The molecular weight excluding hydrogens is 358 g/mol. The second-order valence-corrected chi connectivity index (χ2v) is 6.06. The third-order valence-corrected chi connectivity index (χ3v) is 3.89. The molecule has 5 nitrogen and oxygen atoms in total. The monoisotopic (exact) mass is 362 g/mol. The van der Waals surface area contributed by atoms with Gasteiger partial charge < -0.3 is 5.32 Å². The Kier molecular flexibility index (Phi) is 4.09. The predicted molar refractivity (Wildman–Crippen MR) is 73.0 cm³/mol. The van der Waals surface area contributed by atoms with E-state index in [1.165, 1.54) is 6.07 Å². The van der Waals surface area contributed by atoms with Gasteiger partial charge >= 0.3 is 0 Å². The van der Waals surface area contributed by atoms with Gasteiger partial charge in [-0.1, -0.05) is 0 Å². The predicted octanol–water partition coefficient (Wildman–Crippen LogP) is 3.95. The Balaban J connectivity index is 2.38. The first kappa shape index (κ1) is 14.5. The van der Waals surface area contributed by atoms with Crippen molar-refractivity contribution in [2.24, 2.45) is 0 Å². The van der Waals surface area contributed by atoms with Gasteiger partial charge in [0.15, 0.2) is 11.5 Å². The molecule has 1 heterocycles. The summed E-state index contributed by atoms with van der Waals surface area (Å²) in [5.41, 5.74) is -1.50. The minimum Gasteiger partial charge on any atom is -0.313 e. The maximum absolute atomic E-state index is 13.6. The SMILES string of the molecule is O=C(Nc1c(F)cc(F)cc1[N+](=O)[O-])c1ccc(Br)s1. The Morgan fingerprint density at radius 3 is 2.60 bits per heavy atom. The Morgan fingerprint density at radius 1 is 1.35 bits per heavy atom. The molecule has 0 atom stereocenters. The van der Waals surface area contributed by atoms with Crippen LogP contribution in [0.1, 0.15) is 9.67 Å². The number of thiophene rings is 1. The lowest BCUT2D eigenvalue weighted by Gasteiger charge is -2.06. The third kappa shape index (κ3) is 2.99. The molecule has 1 aromatic carbocycles. The Bertz CT molecular complexity index is 705. The molecule has 1 amide bonds. The topological polar surface area (TPSA) is 72.2 Å². The first-order chi connectivity index (χ1) is 9.38.